The third-order valence-electron chi connectivity index (χ3n) is 3.28. The van der Waals surface area contributed by atoms with Crippen LogP contribution in [-0.2, 0) is 15.3 Å². The molecule has 0 aliphatic rings. The van der Waals surface area contributed by atoms with Crippen molar-refractivity contribution in [1.29, 1.82) is 0 Å². The van der Waals surface area contributed by atoms with Crippen molar-refractivity contribution in [1.82, 2.24) is 4.98 Å². The number of ketones is 1. The molecule has 0 spiro atoms. The Kier molecular flexibility index (Phi) is 4.47. The average Bonchev–Trinajstić information content (AvgIpc) is 2.47. The van der Waals surface area contributed by atoms with E-state index in [1.807, 2.05) is 20.8 Å². The Morgan fingerprint density at radius 1 is 1.05 bits per heavy atom. The van der Waals surface area contributed by atoms with Crippen LogP contribution >= 0.6 is 0 Å². The van der Waals surface area contributed by atoms with Gasteiger partial charge in [0.25, 0.3) is 0 Å². The maximum atomic E-state index is 12.2. The second-order valence-corrected chi connectivity index (χ2v) is 8.17. The molecule has 0 atom stereocenters. The fourth-order valence-corrected chi connectivity index (χ4v) is 3.22. The number of pyridine rings is 1. The summed E-state index contributed by atoms with van der Waals surface area (Å²) in [5, 5.41) is 0. The van der Waals surface area contributed by atoms with E-state index in [1.54, 1.807) is 30.3 Å². The molecular formula is C17H19NO3S. The first kappa shape index (κ1) is 16.4. The zero-order valence-electron chi connectivity index (χ0n) is 12.9. The maximum Gasteiger partial charge on any atom is 0.185 e. The number of nitrogens with zero attached hydrogens (tertiary/aromatic N) is 1. The monoisotopic (exact) mass is 317 g/mol. The summed E-state index contributed by atoms with van der Waals surface area (Å²) in [6.45, 7) is 6.07. The molecule has 0 aliphatic heterocycles. The Morgan fingerprint density at radius 3 is 2.18 bits per heavy atom. The summed E-state index contributed by atoms with van der Waals surface area (Å²) in [4.78, 5) is 16.6. The van der Waals surface area contributed by atoms with Gasteiger partial charge in [-0.3, -0.25) is 9.78 Å². The van der Waals surface area contributed by atoms with Crippen LogP contribution in [0.5, 0.6) is 0 Å². The summed E-state index contributed by atoms with van der Waals surface area (Å²) in [7, 11) is -3.62. The standard InChI is InChI=1S/C17H19NO3S/c1-17(2,3)16-10-9-13(11-18-16)15(19)12-22(20,21)14-7-5-4-6-8-14/h4-11H,12H2,1-3H3. The number of hydrogen-bond acceptors (Lipinski definition) is 4. The zero-order chi connectivity index (χ0) is 16.4. The number of hydrogen-bond donors (Lipinski definition) is 0. The molecule has 22 heavy (non-hydrogen) atoms. The van der Waals surface area contributed by atoms with Gasteiger partial charge in [0.05, 0.1) is 4.90 Å². The highest BCUT2D eigenvalue weighted by atomic mass is 32.2. The third kappa shape index (κ3) is 3.80. The molecule has 5 heteroatoms. The SMILES string of the molecule is CC(C)(C)c1ccc(C(=O)CS(=O)(=O)c2ccccc2)cn1. The summed E-state index contributed by atoms with van der Waals surface area (Å²) in [6.07, 6.45) is 1.45. The fraction of sp³-hybridized carbons (Fsp3) is 0.294. The van der Waals surface area contributed by atoms with Crippen LogP contribution in [0, 0.1) is 0 Å². The fourth-order valence-electron chi connectivity index (χ4n) is 1.97. The molecule has 0 fully saturated rings. The van der Waals surface area contributed by atoms with E-state index in [0.717, 1.165) is 5.69 Å². The summed E-state index contributed by atoms with van der Waals surface area (Å²) >= 11 is 0. The summed E-state index contributed by atoms with van der Waals surface area (Å²) in [6, 6.07) is 11.4. The highest BCUT2D eigenvalue weighted by Crippen LogP contribution is 2.20. The van der Waals surface area contributed by atoms with Gasteiger partial charge >= 0.3 is 0 Å². The Hall–Kier alpha value is -2.01. The van der Waals surface area contributed by atoms with E-state index < -0.39 is 21.4 Å². The predicted octanol–water partition coefficient (Wildman–Crippen LogP) is 3.04. The lowest BCUT2D eigenvalue weighted by atomic mass is 9.91. The quantitative estimate of drug-likeness (QED) is 0.813. The van der Waals surface area contributed by atoms with Crippen LogP contribution in [0.1, 0.15) is 36.8 Å². The molecule has 1 aromatic heterocycles. The Labute approximate surface area is 131 Å². The van der Waals surface area contributed by atoms with Gasteiger partial charge in [-0.2, -0.15) is 0 Å². The van der Waals surface area contributed by atoms with Gasteiger partial charge < -0.3 is 0 Å². The van der Waals surface area contributed by atoms with Gasteiger partial charge in [-0.15, -0.1) is 0 Å². The van der Waals surface area contributed by atoms with Crippen LogP contribution in [0.2, 0.25) is 0 Å². The number of benzene rings is 1. The minimum Gasteiger partial charge on any atom is -0.293 e. The smallest absolute Gasteiger partial charge is 0.185 e. The Balaban J connectivity index is 2.19. The van der Waals surface area contributed by atoms with Crippen LogP contribution in [0.3, 0.4) is 0 Å². The number of sulfone groups is 1. The van der Waals surface area contributed by atoms with E-state index >= 15 is 0 Å². The van der Waals surface area contributed by atoms with Crippen molar-refractivity contribution in [3.8, 4) is 0 Å². The van der Waals surface area contributed by atoms with Crippen LogP contribution < -0.4 is 0 Å². The molecule has 0 aliphatic carbocycles. The Bertz CT molecular complexity index is 758. The van der Waals surface area contributed by atoms with Crippen molar-refractivity contribution in [2.24, 2.45) is 0 Å². The first-order valence-electron chi connectivity index (χ1n) is 6.98. The molecule has 0 unspecified atom stereocenters. The molecule has 1 heterocycles. The van der Waals surface area contributed by atoms with Gasteiger partial charge in [0.1, 0.15) is 5.75 Å². The van der Waals surface area contributed by atoms with Crippen molar-refractivity contribution in [3.05, 3.63) is 59.9 Å². The summed E-state index contributed by atoms with van der Waals surface area (Å²) in [5.74, 6) is -0.995. The van der Waals surface area contributed by atoms with Crippen molar-refractivity contribution in [3.63, 3.8) is 0 Å². The average molecular weight is 317 g/mol. The highest BCUT2D eigenvalue weighted by Gasteiger charge is 2.21. The van der Waals surface area contributed by atoms with Crippen molar-refractivity contribution < 1.29 is 13.2 Å². The lowest BCUT2D eigenvalue weighted by molar-refractivity contribution is 0.102. The van der Waals surface area contributed by atoms with Crippen molar-refractivity contribution >= 4 is 15.6 Å². The number of rotatable bonds is 4. The largest absolute Gasteiger partial charge is 0.293 e. The van der Waals surface area contributed by atoms with Crippen LogP contribution in [-0.4, -0.2) is 24.9 Å². The van der Waals surface area contributed by atoms with E-state index in [2.05, 4.69) is 4.98 Å². The number of carbonyl (C=O) groups is 1. The molecular weight excluding hydrogens is 298 g/mol. The van der Waals surface area contributed by atoms with Gasteiger partial charge in [0, 0.05) is 22.9 Å². The molecule has 2 rings (SSSR count). The second-order valence-electron chi connectivity index (χ2n) is 6.18. The number of Topliss-reactive ketones (excluding diaryl/α,β-unsaturated/α-hetero) is 1. The van der Waals surface area contributed by atoms with E-state index in [0.29, 0.717) is 5.56 Å². The van der Waals surface area contributed by atoms with E-state index in [9.17, 15) is 13.2 Å². The summed E-state index contributed by atoms with van der Waals surface area (Å²) < 4.78 is 24.4. The minimum atomic E-state index is -3.62. The van der Waals surface area contributed by atoms with Gasteiger partial charge in [0.2, 0.25) is 0 Å². The molecule has 0 saturated carbocycles. The molecule has 2 aromatic rings. The molecule has 0 saturated heterocycles. The zero-order valence-corrected chi connectivity index (χ0v) is 13.7. The van der Waals surface area contributed by atoms with E-state index in [1.165, 1.54) is 18.3 Å². The van der Waals surface area contributed by atoms with E-state index in [4.69, 9.17) is 0 Å². The number of aromatic nitrogens is 1. The molecule has 4 nitrogen and oxygen atoms in total. The molecule has 116 valence electrons. The number of carbonyl (C=O) groups excluding carboxylic acids is 1. The molecule has 0 radical (unpaired) electrons. The highest BCUT2D eigenvalue weighted by molar-refractivity contribution is 7.92. The van der Waals surface area contributed by atoms with Crippen molar-refractivity contribution in [2.45, 2.75) is 31.1 Å². The van der Waals surface area contributed by atoms with Gasteiger partial charge in [-0.1, -0.05) is 39.0 Å². The minimum absolute atomic E-state index is 0.113. The first-order chi connectivity index (χ1) is 10.2. The first-order valence-corrected chi connectivity index (χ1v) is 8.63. The maximum absolute atomic E-state index is 12.2. The molecule has 0 bridgehead atoms. The van der Waals surface area contributed by atoms with Crippen LogP contribution in [0.25, 0.3) is 0 Å². The lowest BCUT2D eigenvalue weighted by Crippen LogP contribution is -2.18. The topological polar surface area (TPSA) is 64.1 Å². The van der Waals surface area contributed by atoms with Gasteiger partial charge in [-0.25, -0.2) is 8.42 Å². The third-order valence-corrected chi connectivity index (χ3v) is 4.91. The molecule has 0 amide bonds. The van der Waals surface area contributed by atoms with E-state index in [-0.39, 0.29) is 10.3 Å². The second kappa shape index (κ2) is 6.01. The molecule has 1 aromatic carbocycles. The predicted molar refractivity (Wildman–Crippen MR) is 85.8 cm³/mol. The normalized spacial score (nSPS) is 12.1. The summed E-state index contributed by atoms with van der Waals surface area (Å²) in [5.41, 5.74) is 1.06. The van der Waals surface area contributed by atoms with Crippen LogP contribution in [0.4, 0.5) is 0 Å². The molecule has 0 N–H and O–H groups in total. The van der Waals surface area contributed by atoms with Crippen LogP contribution in [0.15, 0.2) is 53.6 Å². The van der Waals surface area contributed by atoms with Crippen molar-refractivity contribution in [2.75, 3.05) is 5.75 Å². The van der Waals surface area contributed by atoms with Gasteiger partial charge in [0.15, 0.2) is 15.6 Å². The Morgan fingerprint density at radius 2 is 1.68 bits per heavy atom. The van der Waals surface area contributed by atoms with Gasteiger partial charge in [-0.05, 0) is 24.3 Å². The lowest BCUT2D eigenvalue weighted by Gasteiger charge is -2.17.